The molecule has 0 saturated carbocycles. The molecule has 0 unspecified atom stereocenters. The predicted octanol–water partition coefficient (Wildman–Crippen LogP) is 1.26. The summed E-state index contributed by atoms with van der Waals surface area (Å²) in [6.07, 6.45) is 5.34. The van der Waals surface area contributed by atoms with Crippen molar-refractivity contribution in [1.82, 2.24) is 15.2 Å². The van der Waals surface area contributed by atoms with Crippen LogP contribution < -0.4 is 11.1 Å². The van der Waals surface area contributed by atoms with Crippen LogP contribution in [0.15, 0.2) is 54.9 Å². The zero-order valence-electron chi connectivity index (χ0n) is 14.7. The summed E-state index contributed by atoms with van der Waals surface area (Å²) in [5.41, 5.74) is 8.12. The zero-order chi connectivity index (χ0) is 18.4. The molecule has 0 aliphatic carbocycles. The van der Waals surface area contributed by atoms with Crippen LogP contribution in [-0.4, -0.2) is 40.3 Å². The van der Waals surface area contributed by atoms with E-state index in [2.05, 4.69) is 10.3 Å². The van der Waals surface area contributed by atoms with Crippen LogP contribution in [0.25, 0.3) is 0 Å². The van der Waals surface area contributed by atoms with E-state index in [4.69, 9.17) is 5.73 Å². The molecule has 1 aromatic heterocycles. The number of benzene rings is 1. The number of nitrogens with zero attached hydrogens (tertiary/aromatic N) is 2. The molecular formula is C20H24N4O2. The van der Waals surface area contributed by atoms with Gasteiger partial charge in [-0.25, -0.2) is 0 Å². The van der Waals surface area contributed by atoms with Gasteiger partial charge in [0.15, 0.2) is 0 Å². The minimum atomic E-state index is -0.633. The summed E-state index contributed by atoms with van der Waals surface area (Å²) >= 11 is 0. The van der Waals surface area contributed by atoms with Gasteiger partial charge in [0.2, 0.25) is 11.8 Å². The molecule has 136 valence electrons. The molecule has 2 atom stereocenters. The largest absolute Gasteiger partial charge is 0.350 e. The third-order valence-corrected chi connectivity index (χ3v) is 4.67. The van der Waals surface area contributed by atoms with Gasteiger partial charge in [0, 0.05) is 25.5 Å². The molecule has 1 aliphatic rings. The summed E-state index contributed by atoms with van der Waals surface area (Å²) in [7, 11) is 0. The highest BCUT2D eigenvalue weighted by Crippen LogP contribution is 2.19. The highest BCUT2D eigenvalue weighted by Gasteiger charge is 2.35. The summed E-state index contributed by atoms with van der Waals surface area (Å²) in [6, 6.07) is 12.3. The minimum absolute atomic E-state index is 0.125. The molecule has 2 heterocycles. The van der Waals surface area contributed by atoms with Crippen molar-refractivity contribution in [2.75, 3.05) is 6.54 Å². The van der Waals surface area contributed by atoms with Gasteiger partial charge in [0.25, 0.3) is 0 Å². The minimum Gasteiger partial charge on any atom is -0.350 e. The number of amides is 2. The first kappa shape index (κ1) is 18.1. The first-order valence-electron chi connectivity index (χ1n) is 8.92. The Hall–Kier alpha value is -2.73. The summed E-state index contributed by atoms with van der Waals surface area (Å²) < 4.78 is 0. The van der Waals surface area contributed by atoms with E-state index in [9.17, 15) is 9.59 Å². The smallest absolute Gasteiger partial charge is 0.243 e. The first-order valence-corrected chi connectivity index (χ1v) is 8.92. The number of carbonyl (C=O) groups excluding carboxylic acids is 2. The Bertz CT molecular complexity index is 736. The second kappa shape index (κ2) is 8.58. The molecule has 1 fully saturated rings. The first-order chi connectivity index (χ1) is 12.6. The summed E-state index contributed by atoms with van der Waals surface area (Å²) in [6.45, 7) is 1.00. The molecule has 6 heteroatoms. The van der Waals surface area contributed by atoms with Gasteiger partial charge < -0.3 is 16.0 Å². The highest BCUT2D eigenvalue weighted by molar-refractivity contribution is 5.90. The van der Waals surface area contributed by atoms with E-state index in [0.717, 1.165) is 17.5 Å². The fourth-order valence-corrected chi connectivity index (χ4v) is 3.28. The quantitative estimate of drug-likeness (QED) is 0.819. The number of nitrogens with two attached hydrogens (primary N) is 1. The standard InChI is InChI=1S/C20H24N4O2/c21-17(13-15-5-2-1-3-6-15)20(26)24-12-4-7-18(24)19(25)23-14-16-8-10-22-11-9-16/h1-3,5-6,8-11,17-18H,4,7,12-14,21H2,(H,23,25)/t17-,18+/m1/s1. The van der Waals surface area contributed by atoms with Crippen LogP contribution >= 0.6 is 0 Å². The van der Waals surface area contributed by atoms with Crippen LogP contribution in [-0.2, 0) is 22.6 Å². The Morgan fingerprint density at radius 2 is 1.88 bits per heavy atom. The number of likely N-dealkylation sites (tertiary alicyclic amines) is 1. The molecule has 2 amide bonds. The monoisotopic (exact) mass is 352 g/mol. The molecule has 26 heavy (non-hydrogen) atoms. The lowest BCUT2D eigenvalue weighted by atomic mass is 10.1. The highest BCUT2D eigenvalue weighted by atomic mass is 16.2. The average Bonchev–Trinajstić information content (AvgIpc) is 3.17. The second-order valence-electron chi connectivity index (χ2n) is 6.56. The van der Waals surface area contributed by atoms with Crippen LogP contribution in [0.2, 0.25) is 0 Å². The number of nitrogens with one attached hydrogen (secondary N) is 1. The van der Waals surface area contributed by atoms with E-state index in [1.165, 1.54) is 0 Å². The van der Waals surface area contributed by atoms with Crippen molar-refractivity contribution in [3.8, 4) is 0 Å². The fraction of sp³-hybridized carbons (Fsp3) is 0.350. The Labute approximate surface area is 153 Å². The molecule has 1 aliphatic heterocycles. The van der Waals surface area contributed by atoms with Crippen molar-refractivity contribution in [2.45, 2.75) is 37.9 Å². The van der Waals surface area contributed by atoms with Gasteiger partial charge in [-0.3, -0.25) is 14.6 Å². The molecule has 2 aromatic rings. The Kier molecular flexibility index (Phi) is 5.96. The van der Waals surface area contributed by atoms with Crippen LogP contribution in [0.5, 0.6) is 0 Å². The molecular weight excluding hydrogens is 328 g/mol. The fourth-order valence-electron chi connectivity index (χ4n) is 3.28. The maximum atomic E-state index is 12.8. The number of carbonyl (C=O) groups is 2. The van der Waals surface area contributed by atoms with Gasteiger partial charge in [-0.15, -0.1) is 0 Å². The van der Waals surface area contributed by atoms with Gasteiger partial charge in [-0.05, 0) is 42.5 Å². The van der Waals surface area contributed by atoms with Crippen LogP contribution in [0.1, 0.15) is 24.0 Å². The molecule has 0 bridgehead atoms. The molecule has 3 N–H and O–H groups in total. The van der Waals surface area contributed by atoms with Gasteiger partial charge >= 0.3 is 0 Å². The van der Waals surface area contributed by atoms with E-state index in [0.29, 0.717) is 25.9 Å². The van der Waals surface area contributed by atoms with Gasteiger partial charge in [0.1, 0.15) is 6.04 Å². The van der Waals surface area contributed by atoms with E-state index in [1.54, 1.807) is 17.3 Å². The van der Waals surface area contributed by atoms with Gasteiger partial charge in [0.05, 0.1) is 6.04 Å². The van der Waals surface area contributed by atoms with Crippen molar-refractivity contribution in [2.24, 2.45) is 5.73 Å². The Balaban J connectivity index is 1.58. The lowest BCUT2D eigenvalue weighted by Gasteiger charge is -2.26. The Morgan fingerprint density at radius 3 is 2.62 bits per heavy atom. The third-order valence-electron chi connectivity index (χ3n) is 4.67. The van der Waals surface area contributed by atoms with E-state index in [-0.39, 0.29) is 11.8 Å². The van der Waals surface area contributed by atoms with Crippen molar-refractivity contribution < 1.29 is 9.59 Å². The van der Waals surface area contributed by atoms with Gasteiger partial charge in [-0.1, -0.05) is 30.3 Å². The van der Waals surface area contributed by atoms with Crippen LogP contribution in [0.3, 0.4) is 0 Å². The lowest BCUT2D eigenvalue weighted by molar-refractivity contribution is -0.139. The van der Waals surface area contributed by atoms with E-state index >= 15 is 0 Å². The van der Waals surface area contributed by atoms with Crippen LogP contribution in [0, 0.1) is 0 Å². The number of rotatable bonds is 6. The maximum absolute atomic E-state index is 12.8. The van der Waals surface area contributed by atoms with E-state index in [1.807, 2.05) is 42.5 Å². The van der Waals surface area contributed by atoms with E-state index < -0.39 is 12.1 Å². The normalized spacial score (nSPS) is 17.7. The number of aromatic nitrogens is 1. The summed E-state index contributed by atoms with van der Waals surface area (Å²) in [5, 5.41) is 2.91. The third kappa shape index (κ3) is 4.46. The average molecular weight is 352 g/mol. The molecule has 0 spiro atoms. The molecule has 3 rings (SSSR count). The van der Waals surface area contributed by atoms with Crippen LogP contribution in [0.4, 0.5) is 0 Å². The SMILES string of the molecule is N[C@H](Cc1ccccc1)C(=O)N1CCC[C@H]1C(=O)NCc1ccncc1. The van der Waals surface area contributed by atoms with Crippen molar-refractivity contribution in [3.63, 3.8) is 0 Å². The number of hydrogen-bond donors (Lipinski definition) is 2. The maximum Gasteiger partial charge on any atom is 0.243 e. The zero-order valence-corrected chi connectivity index (χ0v) is 14.7. The number of pyridine rings is 1. The second-order valence-corrected chi connectivity index (χ2v) is 6.56. The van der Waals surface area contributed by atoms with Crippen molar-refractivity contribution in [1.29, 1.82) is 0 Å². The summed E-state index contributed by atoms with van der Waals surface area (Å²) in [5.74, 6) is -0.282. The van der Waals surface area contributed by atoms with Crippen molar-refractivity contribution in [3.05, 3.63) is 66.0 Å². The molecule has 1 saturated heterocycles. The molecule has 6 nitrogen and oxygen atoms in total. The molecule has 1 aromatic carbocycles. The molecule has 0 radical (unpaired) electrons. The Morgan fingerprint density at radius 1 is 1.15 bits per heavy atom. The van der Waals surface area contributed by atoms with Crippen molar-refractivity contribution >= 4 is 11.8 Å². The summed E-state index contributed by atoms with van der Waals surface area (Å²) in [4.78, 5) is 30.9. The van der Waals surface area contributed by atoms with Gasteiger partial charge in [-0.2, -0.15) is 0 Å². The predicted molar refractivity (Wildman–Crippen MR) is 98.9 cm³/mol. The number of hydrogen-bond acceptors (Lipinski definition) is 4. The lowest BCUT2D eigenvalue weighted by Crippen LogP contribution is -2.51. The topological polar surface area (TPSA) is 88.3 Å².